The summed E-state index contributed by atoms with van der Waals surface area (Å²) < 4.78 is 15.8. The molecule has 0 saturated heterocycles. The molecular formula is C14H20O4. The normalized spacial score (nSPS) is 11.2. The number of ether oxygens (including phenoxy) is 3. The first-order valence-corrected chi connectivity index (χ1v) is 5.87. The lowest BCUT2D eigenvalue weighted by atomic mass is 9.96. The minimum atomic E-state index is -0.839. The van der Waals surface area contributed by atoms with E-state index in [0.717, 1.165) is 0 Å². The Morgan fingerprint density at radius 3 is 2.28 bits per heavy atom. The quantitative estimate of drug-likeness (QED) is 0.730. The second kappa shape index (κ2) is 5.87. The van der Waals surface area contributed by atoms with Crippen LogP contribution >= 0.6 is 0 Å². The van der Waals surface area contributed by atoms with E-state index in [-0.39, 0.29) is 5.78 Å². The number of benzene rings is 1. The van der Waals surface area contributed by atoms with Gasteiger partial charge >= 0.3 is 0 Å². The number of carbonyl (C=O) groups is 1. The molecule has 0 heterocycles. The zero-order valence-electron chi connectivity index (χ0n) is 11.6. The molecule has 0 bridgehead atoms. The Kier molecular flexibility index (Phi) is 4.73. The lowest BCUT2D eigenvalue weighted by Crippen LogP contribution is -2.35. The molecule has 0 aliphatic carbocycles. The van der Waals surface area contributed by atoms with Crippen molar-refractivity contribution < 1.29 is 19.0 Å². The summed E-state index contributed by atoms with van der Waals surface area (Å²) in [6.45, 7) is 5.88. The van der Waals surface area contributed by atoms with Crippen molar-refractivity contribution in [2.24, 2.45) is 0 Å². The summed E-state index contributed by atoms with van der Waals surface area (Å²) in [4.78, 5) is 12.3. The van der Waals surface area contributed by atoms with Crippen LogP contribution in [0.25, 0.3) is 0 Å². The van der Waals surface area contributed by atoms with Gasteiger partial charge in [0.05, 0.1) is 14.2 Å². The van der Waals surface area contributed by atoms with E-state index < -0.39 is 5.60 Å². The summed E-state index contributed by atoms with van der Waals surface area (Å²) in [5.74, 6) is 1.06. The fraction of sp³-hybridized carbons (Fsp3) is 0.500. The van der Waals surface area contributed by atoms with Gasteiger partial charge in [0.1, 0.15) is 5.60 Å². The molecule has 4 heteroatoms. The van der Waals surface area contributed by atoms with E-state index in [0.29, 0.717) is 23.7 Å². The van der Waals surface area contributed by atoms with E-state index >= 15 is 0 Å². The molecule has 0 fully saturated rings. The molecule has 0 aromatic heterocycles. The van der Waals surface area contributed by atoms with E-state index in [1.807, 2.05) is 6.92 Å². The van der Waals surface area contributed by atoms with Gasteiger partial charge in [0.15, 0.2) is 17.3 Å². The maximum atomic E-state index is 12.3. The van der Waals surface area contributed by atoms with Crippen molar-refractivity contribution in [3.63, 3.8) is 0 Å². The summed E-state index contributed by atoms with van der Waals surface area (Å²) >= 11 is 0. The highest BCUT2D eigenvalue weighted by molar-refractivity contribution is 6.02. The molecule has 0 amide bonds. The van der Waals surface area contributed by atoms with Gasteiger partial charge in [-0.2, -0.15) is 0 Å². The van der Waals surface area contributed by atoms with Gasteiger partial charge in [-0.3, -0.25) is 4.79 Å². The maximum Gasteiger partial charge on any atom is 0.194 e. The Balaban J connectivity index is 3.07. The highest BCUT2D eigenvalue weighted by Gasteiger charge is 2.29. The summed E-state index contributed by atoms with van der Waals surface area (Å²) in [5, 5.41) is 0. The zero-order valence-corrected chi connectivity index (χ0v) is 11.6. The summed E-state index contributed by atoms with van der Waals surface area (Å²) in [7, 11) is 3.10. The van der Waals surface area contributed by atoms with Gasteiger partial charge in [-0.15, -0.1) is 0 Å². The fourth-order valence-electron chi connectivity index (χ4n) is 1.75. The molecular weight excluding hydrogens is 232 g/mol. The average Bonchev–Trinajstić information content (AvgIpc) is 2.36. The molecule has 1 aromatic rings. The minimum absolute atomic E-state index is 0.0784. The van der Waals surface area contributed by atoms with Crippen molar-refractivity contribution in [3.8, 4) is 11.5 Å². The van der Waals surface area contributed by atoms with Crippen LogP contribution in [0.1, 0.15) is 31.1 Å². The van der Waals surface area contributed by atoms with Crippen molar-refractivity contribution in [1.82, 2.24) is 0 Å². The van der Waals surface area contributed by atoms with Crippen LogP contribution in [0.5, 0.6) is 11.5 Å². The van der Waals surface area contributed by atoms with Crippen LogP contribution in [-0.2, 0) is 4.74 Å². The van der Waals surface area contributed by atoms with Crippen LogP contribution in [0.3, 0.4) is 0 Å². The highest BCUT2D eigenvalue weighted by atomic mass is 16.5. The molecule has 100 valence electrons. The first kappa shape index (κ1) is 14.5. The Bertz CT molecular complexity index is 424. The van der Waals surface area contributed by atoms with E-state index in [1.54, 1.807) is 46.3 Å². The molecule has 4 nitrogen and oxygen atoms in total. The van der Waals surface area contributed by atoms with Gasteiger partial charge in [-0.1, -0.05) is 0 Å². The van der Waals surface area contributed by atoms with Gasteiger partial charge < -0.3 is 14.2 Å². The molecule has 0 radical (unpaired) electrons. The Morgan fingerprint density at radius 1 is 1.17 bits per heavy atom. The van der Waals surface area contributed by atoms with Crippen molar-refractivity contribution in [2.75, 3.05) is 20.8 Å². The largest absolute Gasteiger partial charge is 0.493 e. The number of ketones is 1. The molecule has 0 unspecified atom stereocenters. The van der Waals surface area contributed by atoms with Crippen LogP contribution in [0, 0.1) is 0 Å². The Hall–Kier alpha value is -1.55. The molecule has 0 N–H and O–H groups in total. The molecule has 0 saturated carbocycles. The van der Waals surface area contributed by atoms with Crippen molar-refractivity contribution in [2.45, 2.75) is 26.4 Å². The lowest BCUT2D eigenvalue weighted by Gasteiger charge is -2.23. The van der Waals surface area contributed by atoms with E-state index in [1.165, 1.54) is 0 Å². The Labute approximate surface area is 108 Å². The SMILES string of the molecule is CCOC(C)(C)C(=O)c1ccc(OC)c(OC)c1. The second-order valence-electron chi connectivity index (χ2n) is 4.34. The number of hydrogen-bond acceptors (Lipinski definition) is 4. The predicted molar refractivity (Wildman–Crippen MR) is 69.6 cm³/mol. The third-order valence-corrected chi connectivity index (χ3v) is 2.70. The average molecular weight is 252 g/mol. The summed E-state index contributed by atoms with van der Waals surface area (Å²) in [6.07, 6.45) is 0. The van der Waals surface area contributed by atoms with Crippen LogP contribution in [-0.4, -0.2) is 32.2 Å². The molecule has 0 aliphatic rings. The Morgan fingerprint density at radius 2 is 1.78 bits per heavy atom. The molecule has 18 heavy (non-hydrogen) atoms. The minimum Gasteiger partial charge on any atom is -0.493 e. The zero-order chi connectivity index (χ0) is 13.8. The maximum absolute atomic E-state index is 12.3. The van der Waals surface area contributed by atoms with Gasteiger partial charge in [-0.05, 0) is 39.0 Å². The summed E-state index contributed by atoms with van der Waals surface area (Å²) in [5.41, 5.74) is -0.292. The number of carbonyl (C=O) groups excluding carboxylic acids is 1. The number of methoxy groups -OCH3 is 2. The third-order valence-electron chi connectivity index (χ3n) is 2.70. The van der Waals surface area contributed by atoms with Crippen molar-refractivity contribution in [1.29, 1.82) is 0 Å². The van der Waals surface area contributed by atoms with Gasteiger partial charge in [-0.25, -0.2) is 0 Å². The van der Waals surface area contributed by atoms with Crippen LogP contribution in [0.2, 0.25) is 0 Å². The van der Waals surface area contributed by atoms with Gasteiger partial charge in [0.25, 0.3) is 0 Å². The van der Waals surface area contributed by atoms with E-state index in [9.17, 15) is 4.79 Å². The fourth-order valence-corrected chi connectivity index (χ4v) is 1.75. The summed E-state index contributed by atoms with van der Waals surface area (Å²) in [6, 6.07) is 5.10. The van der Waals surface area contributed by atoms with Gasteiger partial charge in [0.2, 0.25) is 0 Å². The van der Waals surface area contributed by atoms with E-state index in [4.69, 9.17) is 14.2 Å². The highest BCUT2D eigenvalue weighted by Crippen LogP contribution is 2.29. The topological polar surface area (TPSA) is 44.8 Å². The smallest absolute Gasteiger partial charge is 0.194 e. The van der Waals surface area contributed by atoms with Gasteiger partial charge in [0, 0.05) is 12.2 Å². The lowest BCUT2D eigenvalue weighted by molar-refractivity contribution is 0.00124. The molecule has 0 spiro atoms. The predicted octanol–water partition coefficient (Wildman–Crippen LogP) is 2.70. The standard InChI is InChI=1S/C14H20O4/c1-6-18-14(2,3)13(15)10-7-8-11(16-4)12(9-10)17-5/h7-9H,6H2,1-5H3. The first-order chi connectivity index (χ1) is 8.46. The number of hydrogen-bond donors (Lipinski definition) is 0. The van der Waals surface area contributed by atoms with Crippen molar-refractivity contribution in [3.05, 3.63) is 23.8 Å². The molecule has 1 aromatic carbocycles. The number of Topliss-reactive ketones (excluding diaryl/α,β-unsaturated/α-hetero) is 1. The van der Waals surface area contributed by atoms with E-state index in [2.05, 4.69) is 0 Å². The molecule has 1 rings (SSSR count). The molecule has 0 atom stereocenters. The third kappa shape index (κ3) is 3.01. The monoisotopic (exact) mass is 252 g/mol. The van der Waals surface area contributed by atoms with Crippen LogP contribution in [0.4, 0.5) is 0 Å². The number of rotatable bonds is 6. The van der Waals surface area contributed by atoms with Crippen LogP contribution in [0.15, 0.2) is 18.2 Å². The van der Waals surface area contributed by atoms with Crippen molar-refractivity contribution >= 4 is 5.78 Å². The second-order valence-corrected chi connectivity index (χ2v) is 4.34. The van der Waals surface area contributed by atoms with Crippen LogP contribution < -0.4 is 9.47 Å². The molecule has 0 aliphatic heterocycles. The first-order valence-electron chi connectivity index (χ1n) is 5.87.